The Balaban J connectivity index is 2.06. The third-order valence-corrected chi connectivity index (χ3v) is 4.39. The van der Waals surface area contributed by atoms with Gasteiger partial charge in [0.25, 0.3) is 0 Å². The van der Waals surface area contributed by atoms with Crippen LogP contribution in [0, 0.1) is 12.7 Å². The van der Waals surface area contributed by atoms with Gasteiger partial charge in [-0.15, -0.1) is 11.8 Å². The molecule has 2 aromatic rings. The monoisotopic (exact) mass is 303 g/mol. The van der Waals surface area contributed by atoms with E-state index in [0.717, 1.165) is 24.3 Å². The lowest BCUT2D eigenvalue weighted by Crippen LogP contribution is -2.24. The van der Waals surface area contributed by atoms with Gasteiger partial charge in [-0.25, -0.2) is 4.39 Å². The lowest BCUT2D eigenvalue weighted by molar-refractivity contribution is 0.568. The van der Waals surface area contributed by atoms with Crippen molar-refractivity contribution >= 4 is 11.8 Å². The normalized spacial score (nSPS) is 12.3. The highest BCUT2D eigenvalue weighted by Gasteiger charge is 2.12. The van der Waals surface area contributed by atoms with Crippen LogP contribution < -0.4 is 5.32 Å². The molecule has 2 rings (SSSR count). The van der Waals surface area contributed by atoms with E-state index in [9.17, 15) is 4.39 Å². The Hall–Kier alpha value is -1.32. The van der Waals surface area contributed by atoms with Crippen LogP contribution in [0.5, 0.6) is 0 Å². The smallest absolute Gasteiger partial charge is 0.123 e. The summed E-state index contributed by atoms with van der Waals surface area (Å²) in [6.45, 7) is 5.18. The zero-order chi connectivity index (χ0) is 15.1. The van der Waals surface area contributed by atoms with E-state index in [0.29, 0.717) is 0 Å². The summed E-state index contributed by atoms with van der Waals surface area (Å²) in [5, 5.41) is 3.51. The van der Waals surface area contributed by atoms with E-state index in [-0.39, 0.29) is 11.9 Å². The maximum Gasteiger partial charge on any atom is 0.123 e. The lowest BCUT2D eigenvalue weighted by Gasteiger charge is -2.19. The fourth-order valence-corrected chi connectivity index (χ4v) is 3.31. The van der Waals surface area contributed by atoms with Crippen molar-refractivity contribution in [1.29, 1.82) is 0 Å². The second-order valence-corrected chi connectivity index (χ2v) is 6.28. The second-order valence-electron chi connectivity index (χ2n) is 5.19. The first kappa shape index (κ1) is 16.1. The minimum Gasteiger partial charge on any atom is -0.309 e. The Morgan fingerprint density at radius 1 is 1.14 bits per heavy atom. The quantitative estimate of drug-likeness (QED) is 0.725. The predicted molar refractivity (Wildman–Crippen MR) is 89.3 cm³/mol. The Labute approximate surface area is 131 Å². The van der Waals surface area contributed by atoms with Crippen LogP contribution in [-0.2, 0) is 0 Å². The van der Waals surface area contributed by atoms with E-state index in [2.05, 4.69) is 43.4 Å². The average Bonchev–Trinajstić information content (AvgIpc) is 2.47. The summed E-state index contributed by atoms with van der Waals surface area (Å²) >= 11 is 1.81. The van der Waals surface area contributed by atoms with Gasteiger partial charge >= 0.3 is 0 Å². The number of nitrogens with one attached hydrogen (secondary N) is 1. The summed E-state index contributed by atoms with van der Waals surface area (Å²) in [6.07, 6.45) is 1.07. The van der Waals surface area contributed by atoms with Crippen molar-refractivity contribution < 1.29 is 4.39 Å². The minimum absolute atomic E-state index is 0.170. The van der Waals surface area contributed by atoms with Crippen LogP contribution >= 0.6 is 11.8 Å². The van der Waals surface area contributed by atoms with Crippen molar-refractivity contribution in [3.63, 3.8) is 0 Å². The van der Waals surface area contributed by atoms with Crippen molar-refractivity contribution in [3.05, 3.63) is 65.5 Å². The molecule has 0 spiro atoms. The van der Waals surface area contributed by atoms with Crippen molar-refractivity contribution in [2.45, 2.75) is 31.2 Å². The summed E-state index contributed by atoms with van der Waals surface area (Å²) in [5.74, 6) is 0.726. The Kier molecular flexibility index (Phi) is 6.27. The first-order valence-electron chi connectivity index (χ1n) is 7.37. The van der Waals surface area contributed by atoms with Crippen molar-refractivity contribution in [1.82, 2.24) is 5.32 Å². The fraction of sp³-hybridized carbons (Fsp3) is 0.333. The Morgan fingerprint density at radius 3 is 2.67 bits per heavy atom. The highest BCUT2D eigenvalue weighted by Crippen LogP contribution is 2.25. The van der Waals surface area contributed by atoms with Gasteiger partial charge in [-0.2, -0.15) is 0 Å². The van der Waals surface area contributed by atoms with Crippen LogP contribution in [0.4, 0.5) is 4.39 Å². The molecule has 0 fully saturated rings. The molecule has 1 N–H and O–H groups in total. The van der Waals surface area contributed by atoms with Gasteiger partial charge in [0.15, 0.2) is 0 Å². The van der Waals surface area contributed by atoms with Crippen molar-refractivity contribution in [2.75, 3.05) is 12.3 Å². The standard InChI is InChI=1S/C18H22FNS/c1-3-10-20-18(15-7-5-8-16(19)12-15)13-21-17-9-4-6-14(2)11-17/h4-9,11-12,18,20H,3,10,13H2,1-2H3. The third kappa shape index (κ3) is 5.18. The number of rotatable bonds is 7. The number of aryl methyl sites for hydroxylation is 1. The number of hydrogen-bond acceptors (Lipinski definition) is 2. The number of benzene rings is 2. The second kappa shape index (κ2) is 8.20. The molecular formula is C18H22FNS. The fourth-order valence-electron chi connectivity index (χ4n) is 2.20. The molecule has 0 aliphatic heterocycles. The van der Waals surface area contributed by atoms with Gasteiger partial charge in [0.2, 0.25) is 0 Å². The van der Waals surface area contributed by atoms with Crippen LogP contribution in [0.2, 0.25) is 0 Å². The summed E-state index contributed by atoms with van der Waals surface area (Å²) in [7, 11) is 0. The van der Waals surface area contributed by atoms with Gasteiger partial charge in [0, 0.05) is 16.7 Å². The van der Waals surface area contributed by atoms with E-state index < -0.39 is 0 Å². The van der Waals surface area contributed by atoms with Crippen LogP contribution in [0.3, 0.4) is 0 Å². The zero-order valence-corrected chi connectivity index (χ0v) is 13.4. The van der Waals surface area contributed by atoms with Gasteiger partial charge < -0.3 is 5.32 Å². The van der Waals surface area contributed by atoms with Gasteiger partial charge in [-0.1, -0.05) is 36.8 Å². The number of thioether (sulfide) groups is 1. The average molecular weight is 303 g/mol. The molecule has 0 bridgehead atoms. The molecule has 1 atom stereocenters. The van der Waals surface area contributed by atoms with Gasteiger partial charge in [-0.05, 0) is 49.7 Å². The van der Waals surface area contributed by atoms with Crippen molar-refractivity contribution in [2.24, 2.45) is 0 Å². The van der Waals surface area contributed by atoms with Crippen LogP contribution in [0.1, 0.15) is 30.5 Å². The number of hydrogen-bond donors (Lipinski definition) is 1. The maximum atomic E-state index is 13.4. The zero-order valence-electron chi connectivity index (χ0n) is 12.6. The molecule has 0 aliphatic carbocycles. The minimum atomic E-state index is -0.170. The molecule has 0 aromatic heterocycles. The molecule has 0 aliphatic rings. The van der Waals surface area contributed by atoms with E-state index in [1.54, 1.807) is 12.1 Å². The summed E-state index contributed by atoms with van der Waals surface area (Å²) < 4.78 is 13.4. The summed E-state index contributed by atoms with van der Waals surface area (Å²) in [5.41, 5.74) is 2.28. The molecule has 1 nitrogen and oxygen atoms in total. The molecular weight excluding hydrogens is 281 g/mol. The Bertz CT molecular complexity index is 571. The third-order valence-electron chi connectivity index (χ3n) is 3.30. The van der Waals surface area contributed by atoms with E-state index >= 15 is 0 Å². The molecule has 1 unspecified atom stereocenters. The van der Waals surface area contributed by atoms with Crippen molar-refractivity contribution in [3.8, 4) is 0 Å². The maximum absolute atomic E-state index is 13.4. The van der Waals surface area contributed by atoms with E-state index in [1.807, 2.05) is 17.8 Å². The van der Waals surface area contributed by atoms with Crippen LogP contribution in [0.25, 0.3) is 0 Å². The van der Waals surface area contributed by atoms with Gasteiger partial charge in [-0.3, -0.25) is 0 Å². The molecule has 0 radical (unpaired) electrons. The molecule has 21 heavy (non-hydrogen) atoms. The molecule has 0 heterocycles. The molecule has 2 aromatic carbocycles. The molecule has 0 saturated heterocycles. The highest BCUT2D eigenvalue weighted by atomic mass is 32.2. The summed E-state index contributed by atoms with van der Waals surface area (Å²) in [6, 6.07) is 15.6. The van der Waals surface area contributed by atoms with Gasteiger partial charge in [0.1, 0.15) is 5.82 Å². The molecule has 112 valence electrons. The largest absolute Gasteiger partial charge is 0.309 e. The van der Waals surface area contributed by atoms with E-state index in [1.165, 1.54) is 16.5 Å². The lowest BCUT2D eigenvalue weighted by atomic mass is 10.1. The molecule has 0 saturated carbocycles. The topological polar surface area (TPSA) is 12.0 Å². The predicted octanol–water partition coefficient (Wildman–Crippen LogP) is 4.97. The molecule has 3 heteroatoms. The van der Waals surface area contributed by atoms with E-state index in [4.69, 9.17) is 0 Å². The first-order chi connectivity index (χ1) is 10.2. The Morgan fingerprint density at radius 2 is 1.95 bits per heavy atom. The van der Waals surface area contributed by atoms with Gasteiger partial charge in [0.05, 0.1) is 0 Å². The van der Waals surface area contributed by atoms with Crippen LogP contribution in [0.15, 0.2) is 53.4 Å². The molecule has 0 amide bonds. The SMILES string of the molecule is CCCNC(CSc1cccc(C)c1)c1cccc(F)c1. The first-order valence-corrected chi connectivity index (χ1v) is 8.36. The highest BCUT2D eigenvalue weighted by molar-refractivity contribution is 7.99. The van der Waals surface area contributed by atoms with Crippen LogP contribution in [-0.4, -0.2) is 12.3 Å². The number of halogens is 1. The summed E-state index contributed by atoms with van der Waals surface area (Å²) in [4.78, 5) is 1.26.